The largest absolute Gasteiger partial charge is 0.432 e. The normalized spacial score (nSPS) is 24.7. The van der Waals surface area contributed by atoms with E-state index in [1.54, 1.807) is 6.08 Å². The van der Waals surface area contributed by atoms with Crippen LogP contribution in [0.4, 0.5) is 0 Å². The molecule has 0 aromatic carbocycles. The van der Waals surface area contributed by atoms with Crippen LogP contribution < -0.4 is 0 Å². The Morgan fingerprint density at radius 1 is 1.73 bits per heavy atom. The molecule has 0 radical (unpaired) electrons. The zero-order valence-corrected chi connectivity index (χ0v) is 8.99. The molecule has 0 aromatic heterocycles. The summed E-state index contributed by atoms with van der Waals surface area (Å²) in [6, 6.07) is 0.138. The summed E-state index contributed by atoms with van der Waals surface area (Å²) in [6.45, 7) is 1.35. The lowest BCUT2D eigenvalue weighted by atomic mass is 10.0. The van der Waals surface area contributed by atoms with Gasteiger partial charge in [-0.3, -0.25) is 4.79 Å². The van der Waals surface area contributed by atoms with E-state index in [4.69, 9.17) is 5.11 Å². The van der Waals surface area contributed by atoms with Crippen LogP contribution in [0.2, 0.25) is 0 Å². The van der Waals surface area contributed by atoms with Crippen LogP contribution >= 0.6 is 12.4 Å². The van der Waals surface area contributed by atoms with Crippen molar-refractivity contribution in [1.82, 2.24) is 4.90 Å². The van der Waals surface area contributed by atoms with Gasteiger partial charge in [0, 0.05) is 12.5 Å². The quantitative estimate of drug-likeness (QED) is 0.420. The summed E-state index contributed by atoms with van der Waals surface area (Å²) in [5.74, 6) is -0.683. The highest BCUT2D eigenvalue weighted by molar-refractivity contribution is 5.98. The number of ether oxygens (including phenoxy) is 1. The Labute approximate surface area is 93.1 Å². The maximum atomic E-state index is 11.3. The fourth-order valence-electron chi connectivity index (χ4n) is 1.75. The molecule has 2 rings (SSSR count). The van der Waals surface area contributed by atoms with Crippen LogP contribution in [-0.4, -0.2) is 34.2 Å². The molecule has 2 aliphatic heterocycles. The maximum absolute atomic E-state index is 11.3. The van der Waals surface area contributed by atoms with Gasteiger partial charge >= 0.3 is 5.97 Å². The van der Waals surface area contributed by atoms with Crippen LogP contribution in [0.3, 0.4) is 0 Å². The predicted molar refractivity (Wildman–Crippen MR) is 53.0 cm³/mol. The van der Waals surface area contributed by atoms with Crippen molar-refractivity contribution in [3.63, 3.8) is 0 Å². The number of rotatable bonds is 2. The van der Waals surface area contributed by atoms with Crippen LogP contribution in [0.15, 0.2) is 11.8 Å². The molecule has 0 spiro atoms. The fraction of sp³-hybridized carbons (Fsp3) is 0.556. The highest BCUT2D eigenvalue weighted by atomic mass is 35.5. The molecule has 1 N–H and O–H groups in total. The fourth-order valence-corrected chi connectivity index (χ4v) is 1.75. The monoisotopic (exact) mass is 233 g/mol. The van der Waals surface area contributed by atoms with Crippen LogP contribution in [0.25, 0.3) is 0 Å². The minimum atomic E-state index is -1.14. The molecule has 2 heterocycles. The molecular formula is C9H12ClNO4. The standard InChI is InChI=1S/C9H11NO4.ClH/c1-5(11)14-9(13)7-3-2-6-4-8(12)10(6)7;/h3,5-6,11H,2,4H2,1H3;1H/t5-,6?;/m1./s1. The number of β-lactam (4-membered cyclic amide) rings is 1. The Morgan fingerprint density at radius 3 is 2.93 bits per heavy atom. The van der Waals surface area contributed by atoms with Crippen molar-refractivity contribution in [3.8, 4) is 0 Å². The summed E-state index contributed by atoms with van der Waals surface area (Å²) in [6.07, 6.45) is 1.75. The lowest BCUT2D eigenvalue weighted by Gasteiger charge is -2.35. The lowest BCUT2D eigenvalue weighted by molar-refractivity contribution is -0.165. The summed E-state index contributed by atoms with van der Waals surface area (Å²) >= 11 is 0. The number of fused-ring (bicyclic) bond motifs is 1. The molecule has 0 saturated carbocycles. The number of amides is 1. The van der Waals surface area contributed by atoms with Gasteiger partial charge in [-0.25, -0.2) is 4.79 Å². The SMILES string of the molecule is C[C@H](O)OC(=O)C1=CCC2CC(=O)N12.Cl. The smallest absolute Gasteiger partial charge is 0.357 e. The van der Waals surface area contributed by atoms with Gasteiger partial charge in [-0.2, -0.15) is 0 Å². The van der Waals surface area contributed by atoms with Gasteiger partial charge < -0.3 is 14.7 Å². The van der Waals surface area contributed by atoms with Crippen molar-refractivity contribution in [1.29, 1.82) is 0 Å². The van der Waals surface area contributed by atoms with Crippen molar-refractivity contribution >= 4 is 24.3 Å². The average Bonchev–Trinajstić information content (AvgIpc) is 2.40. The molecule has 15 heavy (non-hydrogen) atoms. The van der Waals surface area contributed by atoms with Crippen molar-refractivity contribution in [2.45, 2.75) is 32.1 Å². The Bertz CT molecular complexity index is 326. The average molecular weight is 234 g/mol. The van der Waals surface area contributed by atoms with Crippen LogP contribution in [-0.2, 0) is 14.3 Å². The van der Waals surface area contributed by atoms with Crippen molar-refractivity contribution in [3.05, 3.63) is 11.8 Å². The van der Waals surface area contributed by atoms with Crippen LogP contribution in [0.5, 0.6) is 0 Å². The van der Waals surface area contributed by atoms with Crippen LogP contribution in [0.1, 0.15) is 19.8 Å². The highest BCUT2D eigenvalue weighted by Crippen LogP contribution is 2.33. The first-order chi connectivity index (χ1) is 6.59. The summed E-state index contributed by atoms with van der Waals surface area (Å²) in [5, 5.41) is 8.85. The zero-order valence-electron chi connectivity index (χ0n) is 8.17. The molecule has 5 nitrogen and oxygen atoms in total. The van der Waals surface area contributed by atoms with Crippen molar-refractivity contribution in [2.75, 3.05) is 0 Å². The van der Waals surface area contributed by atoms with Gasteiger partial charge in [0.1, 0.15) is 5.70 Å². The molecule has 1 saturated heterocycles. The minimum absolute atomic E-state index is 0. The second kappa shape index (κ2) is 4.20. The Hall–Kier alpha value is -1.07. The lowest BCUT2D eigenvalue weighted by Crippen LogP contribution is -2.50. The molecular weight excluding hydrogens is 222 g/mol. The second-order valence-corrected chi connectivity index (χ2v) is 3.45. The first-order valence-corrected chi connectivity index (χ1v) is 4.51. The van der Waals surface area contributed by atoms with E-state index in [2.05, 4.69) is 4.74 Å². The number of nitrogens with zero attached hydrogens (tertiary/aromatic N) is 1. The molecule has 1 unspecified atom stereocenters. The van der Waals surface area contributed by atoms with E-state index in [1.807, 2.05) is 0 Å². The van der Waals surface area contributed by atoms with Gasteiger partial charge in [-0.05, 0) is 13.3 Å². The Kier molecular flexibility index (Phi) is 3.36. The van der Waals surface area contributed by atoms with Gasteiger partial charge in [-0.15, -0.1) is 12.4 Å². The Balaban J connectivity index is 0.00000112. The van der Waals surface area contributed by atoms with E-state index in [-0.39, 0.29) is 30.1 Å². The van der Waals surface area contributed by atoms with E-state index in [0.29, 0.717) is 12.8 Å². The number of esters is 1. The van der Waals surface area contributed by atoms with Gasteiger partial charge in [0.05, 0.1) is 0 Å². The number of hydrogen-bond donors (Lipinski definition) is 1. The summed E-state index contributed by atoms with van der Waals surface area (Å²) in [4.78, 5) is 23.9. The number of hydrogen-bond acceptors (Lipinski definition) is 4. The summed E-state index contributed by atoms with van der Waals surface area (Å²) in [7, 11) is 0. The van der Waals surface area contributed by atoms with Crippen molar-refractivity contribution < 1.29 is 19.4 Å². The third kappa shape index (κ3) is 1.98. The summed E-state index contributed by atoms with van der Waals surface area (Å²) in [5.41, 5.74) is 0.271. The third-order valence-corrected chi connectivity index (χ3v) is 2.37. The van der Waals surface area contributed by atoms with E-state index in [9.17, 15) is 9.59 Å². The van der Waals surface area contributed by atoms with E-state index < -0.39 is 12.3 Å². The molecule has 1 fully saturated rings. The molecule has 0 aliphatic carbocycles. The van der Waals surface area contributed by atoms with Crippen molar-refractivity contribution in [2.24, 2.45) is 0 Å². The van der Waals surface area contributed by atoms with Gasteiger partial charge in [0.15, 0.2) is 6.29 Å². The van der Waals surface area contributed by atoms with E-state index in [0.717, 1.165) is 0 Å². The first kappa shape index (κ1) is 12.0. The Morgan fingerprint density at radius 2 is 2.40 bits per heavy atom. The molecule has 84 valence electrons. The summed E-state index contributed by atoms with van der Waals surface area (Å²) < 4.78 is 4.59. The van der Waals surface area contributed by atoms with E-state index >= 15 is 0 Å². The zero-order chi connectivity index (χ0) is 10.3. The van der Waals surface area contributed by atoms with Crippen LogP contribution in [0, 0.1) is 0 Å². The predicted octanol–water partition coefficient (Wildman–Crippen LogP) is 0.178. The molecule has 0 aromatic rings. The highest BCUT2D eigenvalue weighted by Gasteiger charge is 2.44. The first-order valence-electron chi connectivity index (χ1n) is 4.51. The molecule has 2 atom stereocenters. The van der Waals surface area contributed by atoms with E-state index in [1.165, 1.54) is 11.8 Å². The molecule has 1 amide bonds. The number of halogens is 1. The number of carbonyl (C=O) groups excluding carboxylic acids is 2. The third-order valence-electron chi connectivity index (χ3n) is 2.37. The maximum Gasteiger partial charge on any atom is 0.357 e. The van der Waals surface area contributed by atoms with Gasteiger partial charge in [0.25, 0.3) is 0 Å². The molecule has 6 heteroatoms. The van der Waals surface area contributed by atoms with Gasteiger partial charge in [0.2, 0.25) is 5.91 Å². The topological polar surface area (TPSA) is 66.8 Å². The molecule has 2 aliphatic rings. The minimum Gasteiger partial charge on any atom is -0.432 e. The number of aliphatic hydroxyl groups excluding tert-OH is 1. The second-order valence-electron chi connectivity index (χ2n) is 3.45. The number of carbonyl (C=O) groups is 2. The number of aliphatic hydroxyl groups is 1. The van der Waals surface area contributed by atoms with Gasteiger partial charge in [-0.1, -0.05) is 6.08 Å². The molecule has 0 bridgehead atoms.